The van der Waals surface area contributed by atoms with Gasteiger partial charge in [-0.2, -0.15) is 9.61 Å². The summed E-state index contributed by atoms with van der Waals surface area (Å²) in [5, 5.41) is 16.5. The van der Waals surface area contributed by atoms with Crippen molar-refractivity contribution < 1.29 is 0 Å². The fourth-order valence-corrected chi connectivity index (χ4v) is 2.52. The number of aryl methyl sites for hydroxylation is 1. The van der Waals surface area contributed by atoms with Crippen molar-refractivity contribution in [1.29, 1.82) is 0 Å². The van der Waals surface area contributed by atoms with Crippen molar-refractivity contribution in [3.8, 4) is 0 Å². The van der Waals surface area contributed by atoms with E-state index in [0.717, 1.165) is 36.6 Å². The summed E-state index contributed by atoms with van der Waals surface area (Å²) in [6.07, 6.45) is 2.22. The molecule has 90 valence electrons. The summed E-state index contributed by atoms with van der Waals surface area (Å²) in [5.41, 5.74) is 1.84. The molecule has 5 nitrogen and oxygen atoms in total. The third kappa shape index (κ3) is 1.91. The quantitative estimate of drug-likeness (QED) is 0.803. The minimum atomic E-state index is 0.468. The van der Waals surface area contributed by atoms with E-state index < -0.39 is 0 Å². The van der Waals surface area contributed by atoms with Gasteiger partial charge in [-0.3, -0.25) is 0 Å². The van der Waals surface area contributed by atoms with Crippen LogP contribution in [0.15, 0.2) is 12.1 Å². The van der Waals surface area contributed by atoms with Gasteiger partial charge < -0.3 is 5.32 Å². The van der Waals surface area contributed by atoms with Gasteiger partial charge in [-0.1, -0.05) is 0 Å². The van der Waals surface area contributed by atoms with Crippen LogP contribution in [0.2, 0.25) is 0 Å². The predicted octanol–water partition coefficient (Wildman–Crippen LogP) is 1.29. The molecule has 3 rings (SSSR count). The maximum absolute atomic E-state index is 4.51. The Balaban J connectivity index is 2.01. The van der Waals surface area contributed by atoms with Gasteiger partial charge in [0, 0.05) is 12.0 Å². The Morgan fingerprint density at radius 2 is 2.24 bits per heavy atom. The van der Waals surface area contributed by atoms with E-state index in [1.165, 1.54) is 0 Å². The molecule has 17 heavy (non-hydrogen) atoms. The van der Waals surface area contributed by atoms with Crippen LogP contribution in [0.5, 0.6) is 0 Å². The molecule has 0 aromatic carbocycles. The Bertz CT molecular complexity index is 533. The van der Waals surface area contributed by atoms with Crippen LogP contribution in [-0.4, -0.2) is 32.4 Å². The second-order valence-electron chi connectivity index (χ2n) is 4.88. The van der Waals surface area contributed by atoms with E-state index in [4.69, 9.17) is 0 Å². The van der Waals surface area contributed by atoms with E-state index >= 15 is 0 Å². The molecule has 1 aliphatic rings. The number of hydrogen-bond donors (Lipinski definition) is 1. The van der Waals surface area contributed by atoms with Gasteiger partial charge in [0.25, 0.3) is 0 Å². The second kappa shape index (κ2) is 4.07. The summed E-state index contributed by atoms with van der Waals surface area (Å²) in [6.45, 7) is 5.26. The van der Waals surface area contributed by atoms with Crippen LogP contribution in [0.4, 0.5) is 0 Å². The van der Waals surface area contributed by atoms with Gasteiger partial charge in [0.2, 0.25) is 0 Å². The molecule has 1 fully saturated rings. The van der Waals surface area contributed by atoms with Gasteiger partial charge >= 0.3 is 0 Å². The molecule has 0 saturated carbocycles. The van der Waals surface area contributed by atoms with E-state index in [1.807, 2.05) is 23.6 Å². The normalized spacial score (nSPS) is 25.3. The maximum atomic E-state index is 4.51. The Hall–Kier alpha value is -1.49. The number of piperidine rings is 1. The molecule has 2 aromatic rings. The highest BCUT2D eigenvalue weighted by Crippen LogP contribution is 2.26. The maximum Gasteiger partial charge on any atom is 0.177 e. The fourth-order valence-electron chi connectivity index (χ4n) is 2.52. The van der Waals surface area contributed by atoms with Crippen LogP contribution in [-0.2, 0) is 0 Å². The van der Waals surface area contributed by atoms with Gasteiger partial charge in [-0.25, -0.2) is 0 Å². The molecule has 1 saturated heterocycles. The summed E-state index contributed by atoms with van der Waals surface area (Å²) >= 11 is 0. The third-order valence-corrected chi connectivity index (χ3v) is 3.41. The lowest BCUT2D eigenvalue weighted by Gasteiger charge is -2.26. The monoisotopic (exact) mass is 231 g/mol. The zero-order valence-corrected chi connectivity index (χ0v) is 10.2. The first-order valence-electron chi connectivity index (χ1n) is 6.16. The first-order valence-corrected chi connectivity index (χ1v) is 6.16. The molecule has 2 unspecified atom stereocenters. The zero-order valence-electron chi connectivity index (χ0n) is 10.2. The molecule has 2 atom stereocenters. The number of rotatable bonds is 1. The molecule has 0 aliphatic carbocycles. The van der Waals surface area contributed by atoms with E-state index in [0.29, 0.717) is 12.0 Å². The predicted molar refractivity (Wildman–Crippen MR) is 65.0 cm³/mol. The number of fused-ring (bicyclic) bond motifs is 1. The summed E-state index contributed by atoms with van der Waals surface area (Å²) in [4.78, 5) is 0. The Morgan fingerprint density at radius 3 is 3.06 bits per heavy atom. The van der Waals surface area contributed by atoms with Crippen molar-refractivity contribution in [2.24, 2.45) is 0 Å². The van der Waals surface area contributed by atoms with Crippen LogP contribution in [0, 0.1) is 6.92 Å². The topological polar surface area (TPSA) is 55.1 Å². The molecule has 3 heterocycles. The Morgan fingerprint density at radius 1 is 1.35 bits per heavy atom. The number of nitrogens with one attached hydrogen (secondary N) is 1. The Labute approximate surface area is 100 Å². The number of aromatic nitrogens is 4. The molecular formula is C12H17N5. The molecule has 2 aromatic heterocycles. The summed E-state index contributed by atoms with van der Waals surface area (Å²) < 4.78 is 1.90. The van der Waals surface area contributed by atoms with Gasteiger partial charge in [0.05, 0.1) is 5.69 Å². The van der Waals surface area contributed by atoms with E-state index in [1.54, 1.807) is 0 Å². The lowest BCUT2D eigenvalue weighted by Crippen LogP contribution is -2.35. The van der Waals surface area contributed by atoms with Crippen LogP contribution in [0.3, 0.4) is 0 Å². The summed E-state index contributed by atoms with van der Waals surface area (Å²) in [7, 11) is 0. The average Bonchev–Trinajstić information content (AvgIpc) is 2.71. The summed E-state index contributed by atoms with van der Waals surface area (Å²) in [5.74, 6) is 1.48. The fraction of sp³-hybridized carbons (Fsp3) is 0.583. The Kier molecular flexibility index (Phi) is 2.55. The van der Waals surface area contributed by atoms with Gasteiger partial charge in [0.1, 0.15) is 0 Å². The van der Waals surface area contributed by atoms with Crippen molar-refractivity contribution in [1.82, 2.24) is 25.1 Å². The van der Waals surface area contributed by atoms with Crippen molar-refractivity contribution >= 4 is 5.65 Å². The molecule has 0 spiro atoms. The van der Waals surface area contributed by atoms with Crippen LogP contribution >= 0.6 is 0 Å². The number of nitrogens with zero attached hydrogens (tertiary/aromatic N) is 4. The SMILES string of the molecule is Cc1ccc2nnc(C3CCNC(C)C3)n2n1. The smallest absolute Gasteiger partial charge is 0.177 e. The van der Waals surface area contributed by atoms with E-state index in [2.05, 4.69) is 27.5 Å². The molecular weight excluding hydrogens is 214 g/mol. The molecule has 0 radical (unpaired) electrons. The van der Waals surface area contributed by atoms with Crippen molar-refractivity contribution in [2.45, 2.75) is 38.6 Å². The molecule has 1 N–H and O–H groups in total. The molecule has 1 aliphatic heterocycles. The zero-order chi connectivity index (χ0) is 11.8. The average molecular weight is 231 g/mol. The van der Waals surface area contributed by atoms with Crippen LogP contribution in [0.1, 0.15) is 37.2 Å². The lowest BCUT2D eigenvalue weighted by atomic mass is 9.93. The van der Waals surface area contributed by atoms with Crippen molar-refractivity contribution in [2.75, 3.05) is 6.54 Å². The lowest BCUT2D eigenvalue weighted by molar-refractivity contribution is 0.367. The molecule has 5 heteroatoms. The molecule has 0 bridgehead atoms. The minimum Gasteiger partial charge on any atom is -0.314 e. The van der Waals surface area contributed by atoms with E-state index in [9.17, 15) is 0 Å². The second-order valence-corrected chi connectivity index (χ2v) is 4.88. The summed E-state index contributed by atoms with van der Waals surface area (Å²) in [6, 6.07) is 4.49. The van der Waals surface area contributed by atoms with Crippen molar-refractivity contribution in [3.05, 3.63) is 23.7 Å². The molecule has 0 amide bonds. The van der Waals surface area contributed by atoms with Gasteiger partial charge in [-0.15, -0.1) is 10.2 Å². The highest BCUT2D eigenvalue weighted by atomic mass is 15.4. The highest BCUT2D eigenvalue weighted by Gasteiger charge is 2.24. The van der Waals surface area contributed by atoms with Crippen molar-refractivity contribution in [3.63, 3.8) is 0 Å². The minimum absolute atomic E-state index is 0.468. The van der Waals surface area contributed by atoms with E-state index in [-0.39, 0.29) is 0 Å². The number of hydrogen-bond acceptors (Lipinski definition) is 4. The first kappa shape index (κ1) is 10.7. The standard InChI is InChI=1S/C12H17N5/c1-8-3-4-11-14-15-12(17(11)16-8)10-5-6-13-9(2)7-10/h3-4,9-10,13H,5-7H2,1-2H3. The van der Waals surface area contributed by atoms with Crippen LogP contribution < -0.4 is 5.32 Å². The highest BCUT2D eigenvalue weighted by molar-refractivity contribution is 5.36. The van der Waals surface area contributed by atoms with Gasteiger partial charge in [-0.05, 0) is 45.4 Å². The van der Waals surface area contributed by atoms with Gasteiger partial charge in [0.15, 0.2) is 11.5 Å². The van der Waals surface area contributed by atoms with Crippen LogP contribution in [0.25, 0.3) is 5.65 Å². The third-order valence-electron chi connectivity index (χ3n) is 3.41. The first-order chi connectivity index (χ1) is 8.24. The largest absolute Gasteiger partial charge is 0.314 e.